The molecule has 0 amide bonds. The van der Waals surface area contributed by atoms with Crippen molar-refractivity contribution < 1.29 is 18.0 Å². The molecule has 0 aliphatic heterocycles. The average molecular weight is 301 g/mol. The lowest BCUT2D eigenvalue weighted by Crippen LogP contribution is -2.03. The predicted octanol–water partition coefficient (Wildman–Crippen LogP) is 2.58. The first-order valence-electron chi connectivity index (χ1n) is 3.15. The third-order valence-electron chi connectivity index (χ3n) is 1.40. The van der Waals surface area contributed by atoms with E-state index >= 15 is 0 Å². The first-order chi connectivity index (χ1) is 6.07. The first kappa shape index (κ1) is 10.4. The van der Waals surface area contributed by atoms with Gasteiger partial charge in [0, 0.05) is 15.3 Å². The van der Waals surface area contributed by atoms with Crippen LogP contribution in [-0.4, -0.2) is 11.3 Å². The van der Waals surface area contributed by atoms with E-state index in [-0.39, 0.29) is 15.4 Å². The van der Waals surface area contributed by atoms with E-state index < -0.39 is 17.9 Å². The van der Waals surface area contributed by atoms with E-state index in [9.17, 15) is 18.0 Å². The molecule has 0 bridgehead atoms. The zero-order chi connectivity index (χ0) is 10.0. The summed E-state index contributed by atoms with van der Waals surface area (Å²) in [5.41, 5.74) is -1.26. The van der Waals surface area contributed by atoms with Gasteiger partial charge in [-0.15, -0.1) is 0 Å². The molecule has 1 aromatic rings. The fraction of sp³-hybridized carbons (Fsp3) is 0.143. The number of alkyl halides is 2. The van der Waals surface area contributed by atoms with Crippen molar-refractivity contribution >= 4 is 28.9 Å². The Morgan fingerprint density at radius 3 is 2.54 bits per heavy atom. The maximum absolute atomic E-state index is 12.7. The van der Waals surface area contributed by atoms with Crippen LogP contribution in [0.4, 0.5) is 13.2 Å². The van der Waals surface area contributed by atoms with Gasteiger partial charge < -0.3 is 0 Å². The van der Waals surface area contributed by atoms with Gasteiger partial charge in [-0.05, 0) is 22.6 Å². The van der Waals surface area contributed by atoms with Crippen LogP contribution in [0, 0.1) is 9.52 Å². The zero-order valence-electron chi connectivity index (χ0n) is 6.10. The Bertz CT molecular complexity index is 343. The monoisotopic (exact) mass is 301 g/mol. The number of rotatable bonds is 2. The van der Waals surface area contributed by atoms with Crippen molar-refractivity contribution in [3.8, 4) is 0 Å². The van der Waals surface area contributed by atoms with Crippen LogP contribution >= 0.6 is 22.6 Å². The summed E-state index contributed by atoms with van der Waals surface area (Å²) in [6.07, 6.45) is -1.79. The third-order valence-corrected chi connectivity index (χ3v) is 2.26. The topological polar surface area (TPSA) is 30.0 Å². The molecule has 2 nitrogen and oxygen atoms in total. The number of carbonyl (C=O) groups is 1. The number of nitrogens with zero attached hydrogens (tertiary/aromatic N) is 1. The molecule has 0 spiro atoms. The Morgan fingerprint density at radius 1 is 1.54 bits per heavy atom. The van der Waals surface area contributed by atoms with Crippen molar-refractivity contribution in [3.05, 3.63) is 26.8 Å². The van der Waals surface area contributed by atoms with E-state index in [1.165, 1.54) is 0 Å². The highest BCUT2D eigenvalue weighted by Gasteiger charge is 2.21. The van der Waals surface area contributed by atoms with Gasteiger partial charge in [-0.25, -0.2) is 13.8 Å². The molecule has 13 heavy (non-hydrogen) atoms. The van der Waals surface area contributed by atoms with Crippen LogP contribution in [0.25, 0.3) is 0 Å². The van der Waals surface area contributed by atoms with E-state index in [4.69, 9.17) is 0 Å². The molecule has 0 aliphatic rings. The summed E-state index contributed by atoms with van der Waals surface area (Å²) in [4.78, 5) is 13.5. The fourth-order valence-electron chi connectivity index (χ4n) is 0.820. The number of aldehydes is 1. The standard InChI is InChI=1S/C7H3F3INO/c8-6(9)5-3(2-13)4(11)1-12-7(5)10/h1-2,6H. The van der Waals surface area contributed by atoms with Gasteiger partial charge in [0.05, 0.1) is 5.56 Å². The molecule has 0 saturated carbocycles. The number of hydrogen-bond donors (Lipinski definition) is 0. The highest BCUT2D eigenvalue weighted by atomic mass is 127. The molecule has 70 valence electrons. The minimum Gasteiger partial charge on any atom is -0.298 e. The summed E-state index contributed by atoms with van der Waals surface area (Å²) in [5.74, 6) is -1.29. The Morgan fingerprint density at radius 2 is 2.15 bits per heavy atom. The molecule has 0 aromatic carbocycles. The normalized spacial score (nSPS) is 10.5. The minimum absolute atomic E-state index is 0.202. The number of carbonyl (C=O) groups excluding carboxylic acids is 1. The number of hydrogen-bond acceptors (Lipinski definition) is 2. The smallest absolute Gasteiger partial charge is 0.268 e. The second-order valence-electron chi connectivity index (χ2n) is 2.14. The Balaban J connectivity index is 3.43. The van der Waals surface area contributed by atoms with Crippen LogP contribution < -0.4 is 0 Å². The zero-order valence-corrected chi connectivity index (χ0v) is 8.26. The summed E-state index contributed by atoms with van der Waals surface area (Å²) in [6, 6.07) is 0. The van der Waals surface area contributed by atoms with Gasteiger partial charge >= 0.3 is 0 Å². The lowest BCUT2D eigenvalue weighted by atomic mass is 10.1. The molecule has 1 rings (SSSR count). The summed E-state index contributed by atoms with van der Waals surface area (Å²) in [6.45, 7) is 0. The van der Waals surface area contributed by atoms with Gasteiger partial charge in [-0.2, -0.15) is 4.39 Å². The molecular weight excluding hydrogens is 298 g/mol. The first-order valence-corrected chi connectivity index (χ1v) is 4.23. The number of aromatic nitrogens is 1. The van der Waals surface area contributed by atoms with Crippen LogP contribution in [0.1, 0.15) is 22.3 Å². The Kier molecular flexibility index (Phi) is 3.23. The van der Waals surface area contributed by atoms with E-state index in [1.807, 2.05) is 0 Å². The summed E-state index contributed by atoms with van der Waals surface area (Å²) in [5, 5.41) is 0. The van der Waals surface area contributed by atoms with Crippen LogP contribution in [-0.2, 0) is 0 Å². The van der Waals surface area contributed by atoms with Crippen molar-refractivity contribution in [1.82, 2.24) is 4.98 Å². The molecular formula is C7H3F3INO. The minimum atomic E-state index is -3.03. The van der Waals surface area contributed by atoms with Crippen LogP contribution in [0.15, 0.2) is 6.20 Å². The second kappa shape index (κ2) is 4.03. The Labute approximate surface area is 85.3 Å². The van der Waals surface area contributed by atoms with Gasteiger partial charge in [-0.3, -0.25) is 4.79 Å². The maximum Gasteiger partial charge on any atom is 0.268 e. The van der Waals surface area contributed by atoms with Gasteiger partial charge in [-0.1, -0.05) is 0 Å². The van der Waals surface area contributed by atoms with Gasteiger partial charge in [0.1, 0.15) is 0 Å². The highest BCUT2D eigenvalue weighted by Crippen LogP contribution is 2.26. The van der Waals surface area contributed by atoms with Gasteiger partial charge in [0.25, 0.3) is 6.43 Å². The van der Waals surface area contributed by atoms with E-state index in [1.54, 1.807) is 22.6 Å². The quantitative estimate of drug-likeness (QED) is 0.477. The van der Waals surface area contributed by atoms with Crippen molar-refractivity contribution in [3.63, 3.8) is 0 Å². The lowest BCUT2D eigenvalue weighted by molar-refractivity contribution is 0.110. The van der Waals surface area contributed by atoms with Crippen molar-refractivity contribution in [2.75, 3.05) is 0 Å². The van der Waals surface area contributed by atoms with Gasteiger partial charge in [0.2, 0.25) is 5.95 Å². The third kappa shape index (κ3) is 1.98. The van der Waals surface area contributed by atoms with E-state index in [0.717, 1.165) is 6.20 Å². The Hall–Kier alpha value is -0.660. The van der Waals surface area contributed by atoms with Crippen LogP contribution in [0.3, 0.4) is 0 Å². The molecule has 0 aliphatic carbocycles. The summed E-state index contributed by atoms with van der Waals surface area (Å²) < 4.78 is 37.4. The molecule has 6 heteroatoms. The molecule has 0 N–H and O–H groups in total. The molecule has 0 fully saturated rings. The van der Waals surface area contributed by atoms with E-state index in [0.29, 0.717) is 0 Å². The van der Waals surface area contributed by atoms with Gasteiger partial charge in [0.15, 0.2) is 6.29 Å². The van der Waals surface area contributed by atoms with Crippen LogP contribution in [0.2, 0.25) is 0 Å². The highest BCUT2D eigenvalue weighted by molar-refractivity contribution is 14.1. The molecule has 0 radical (unpaired) electrons. The van der Waals surface area contributed by atoms with Crippen molar-refractivity contribution in [1.29, 1.82) is 0 Å². The molecule has 0 saturated heterocycles. The van der Waals surface area contributed by atoms with E-state index in [2.05, 4.69) is 4.98 Å². The number of halogens is 4. The molecule has 0 unspecified atom stereocenters. The molecule has 1 aromatic heterocycles. The largest absolute Gasteiger partial charge is 0.298 e. The van der Waals surface area contributed by atoms with Crippen LogP contribution in [0.5, 0.6) is 0 Å². The number of pyridine rings is 1. The second-order valence-corrected chi connectivity index (χ2v) is 3.31. The predicted molar refractivity (Wildman–Crippen MR) is 47.3 cm³/mol. The van der Waals surface area contributed by atoms with Crippen molar-refractivity contribution in [2.45, 2.75) is 6.43 Å². The molecule has 1 heterocycles. The average Bonchev–Trinajstić information content (AvgIpc) is 2.07. The lowest BCUT2D eigenvalue weighted by Gasteiger charge is -2.05. The van der Waals surface area contributed by atoms with Crippen molar-refractivity contribution in [2.24, 2.45) is 0 Å². The SMILES string of the molecule is O=Cc1c(I)cnc(F)c1C(F)F. The fourth-order valence-corrected chi connectivity index (χ4v) is 1.38. The summed E-state index contributed by atoms with van der Waals surface area (Å²) >= 11 is 1.64. The summed E-state index contributed by atoms with van der Waals surface area (Å²) in [7, 11) is 0. The maximum atomic E-state index is 12.7. The molecule has 0 atom stereocenters.